The molecule has 1 amide bonds. The van der Waals surface area contributed by atoms with E-state index in [0.29, 0.717) is 12.1 Å². The Kier molecular flexibility index (Phi) is 3.18. The number of nitrogens with zero attached hydrogens (tertiary/aromatic N) is 5. The first-order chi connectivity index (χ1) is 8.49. The summed E-state index contributed by atoms with van der Waals surface area (Å²) in [4.78, 5) is 13.9. The molecule has 0 radical (unpaired) electrons. The molecule has 0 aliphatic rings. The van der Waals surface area contributed by atoms with Gasteiger partial charge in [0.15, 0.2) is 0 Å². The van der Waals surface area contributed by atoms with Crippen molar-refractivity contribution in [1.29, 1.82) is 0 Å². The molecule has 0 spiro atoms. The maximum atomic E-state index is 12.2. The predicted octanol–water partition coefficient (Wildman–Crippen LogP) is 0.734. The number of carbonyl (C=O) groups excluding carboxylic acids is 1. The van der Waals surface area contributed by atoms with Gasteiger partial charge in [0.2, 0.25) is 0 Å². The van der Waals surface area contributed by atoms with Gasteiger partial charge in [-0.15, -0.1) is 0 Å². The van der Waals surface area contributed by atoms with Crippen LogP contribution < -0.4 is 0 Å². The van der Waals surface area contributed by atoms with Gasteiger partial charge in [0, 0.05) is 45.1 Å². The average molecular weight is 247 g/mol. The number of rotatable bonds is 3. The van der Waals surface area contributed by atoms with E-state index in [0.717, 1.165) is 11.3 Å². The second-order valence-corrected chi connectivity index (χ2v) is 4.45. The highest BCUT2D eigenvalue weighted by atomic mass is 16.2. The minimum atomic E-state index is -0.0237. The maximum Gasteiger partial charge on any atom is 0.257 e. The van der Waals surface area contributed by atoms with E-state index in [1.807, 2.05) is 27.2 Å². The lowest BCUT2D eigenvalue weighted by molar-refractivity contribution is 0.0784. The van der Waals surface area contributed by atoms with Crippen LogP contribution in [0.25, 0.3) is 0 Å². The van der Waals surface area contributed by atoms with Crippen molar-refractivity contribution in [3.05, 3.63) is 35.4 Å². The molecule has 6 heteroatoms. The first-order valence-electron chi connectivity index (χ1n) is 5.70. The third kappa shape index (κ3) is 2.27. The molecule has 2 aromatic rings. The summed E-state index contributed by atoms with van der Waals surface area (Å²) in [6, 6.07) is 0. The summed E-state index contributed by atoms with van der Waals surface area (Å²) in [5.41, 5.74) is 2.52. The van der Waals surface area contributed by atoms with E-state index in [1.165, 1.54) is 0 Å². The largest absolute Gasteiger partial charge is 0.337 e. The molecule has 0 atom stereocenters. The average Bonchev–Trinajstić information content (AvgIpc) is 2.87. The summed E-state index contributed by atoms with van der Waals surface area (Å²) in [7, 11) is 5.46. The highest BCUT2D eigenvalue weighted by molar-refractivity contribution is 5.94. The van der Waals surface area contributed by atoms with E-state index in [2.05, 4.69) is 10.2 Å². The Morgan fingerprint density at radius 3 is 2.56 bits per heavy atom. The number of aromatic nitrogens is 4. The van der Waals surface area contributed by atoms with Crippen molar-refractivity contribution >= 4 is 5.91 Å². The SMILES string of the molecule is Cc1c(C(=O)N(C)Cc2cnn(C)c2)cnn1C. The summed E-state index contributed by atoms with van der Waals surface area (Å²) in [5, 5.41) is 8.17. The lowest BCUT2D eigenvalue weighted by Crippen LogP contribution is -2.26. The molecule has 0 aromatic carbocycles. The Morgan fingerprint density at radius 2 is 2.06 bits per heavy atom. The van der Waals surface area contributed by atoms with E-state index >= 15 is 0 Å². The predicted molar refractivity (Wildman–Crippen MR) is 67.0 cm³/mol. The molecule has 0 aliphatic carbocycles. The van der Waals surface area contributed by atoms with Gasteiger partial charge in [-0.1, -0.05) is 0 Å². The minimum Gasteiger partial charge on any atom is -0.337 e. The van der Waals surface area contributed by atoms with Crippen LogP contribution in [0.3, 0.4) is 0 Å². The van der Waals surface area contributed by atoms with Crippen LogP contribution in [0.2, 0.25) is 0 Å². The quantitative estimate of drug-likeness (QED) is 0.803. The second kappa shape index (κ2) is 4.64. The Labute approximate surface area is 106 Å². The number of carbonyl (C=O) groups is 1. The van der Waals surface area contributed by atoms with Crippen molar-refractivity contribution in [2.75, 3.05) is 7.05 Å². The van der Waals surface area contributed by atoms with E-state index in [-0.39, 0.29) is 5.91 Å². The minimum absolute atomic E-state index is 0.0237. The van der Waals surface area contributed by atoms with Crippen LogP contribution in [-0.4, -0.2) is 37.4 Å². The van der Waals surface area contributed by atoms with Gasteiger partial charge in [0.1, 0.15) is 0 Å². The molecule has 6 nitrogen and oxygen atoms in total. The first kappa shape index (κ1) is 12.3. The number of hydrogen-bond donors (Lipinski definition) is 0. The van der Waals surface area contributed by atoms with E-state index in [1.54, 1.807) is 33.7 Å². The highest BCUT2D eigenvalue weighted by Crippen LogP contribution is 2.11. The molecular weight excluding hydrogens is 230 g/mol. The van der Waals surface area contributed by atoms with Gasteiger partial charge >= 0.3 is 0 Å². The summed E-state index contributed by atoms with van der Waals surface area (Å²) < 4.78 is 3.42. The van der Waals surface area contributed by atoms with Gasteiger partial charge in [-0.2, -0.15) is 10.2 Å². The smallest absolute Gasteiger partial charge is 0.257 e. The standard InChI is InChI=1S/C12H17N5O/c1-9-11(6-14-17(9)4)12(18)15(2)7-10-5-13-16(3)8-10/h5-6,8H,7H2,1-4H3. The van der Waals surface area contributed by atoms with Gasteiger partial charge < -0.3 is 4.90 Å². The Balaban J connectivity index is 2.12. The van der Waals surface area contributed by atoms with Crippen molar-refractivity contribution in [3.63, 3.8) is 0 Å². The molecule has 2 heterocycles. The molecule has 96 valence electrons. The lowest BCUT2D eigenvalue weighted by atomic mass is 10.2. The zero-order valence-electron chi connectivity index (χ0n) is 11.1. The summed E-state index contributed by atoms with van der Waals surface area (Å²) in [6.07, 6.45) is 5.27. The van der Waals surface area contributed by atoms with Crippen LogP contribution in [0, 0.1) is 6.92 Å². The molecule has 0 bridgehead atoms. The summed E-state index contributed by atoms with van der Waals surface area (Å²) in [6.45, 7) is 2.43. The fourth-order valence-corrected chi connectivity index (χ4v) is 1.81. The van der Waals surface area contributed by atoms with E-state index < -0.39 is 0 Å². The molecule has 0 fully saturated rings. The topological polar surface area (TPSA) is 56.0 Å². The van der Waals surface area contributed by atoms with Gasteiger partial charge in [0.25, 0.3) is 5.91 Å². The van der Waals surface area contributed by atoms with Crippen molar-refractivity contribution in [2.45, 2.75) is 13.5 Å². The number of amides is 1. The Morgan fingerprint density at radius 1 is 1.33 bits per heavy atom. The second-order valence-electron chi connectivity index (χ2n) is 4.45. The molecule has 0 N–H and O–H groups in total. The van der Waals surface area contributed by atoms with E-state index in [9.17, 15) is 4.79 Å². The van der Waals surface area contributed by atoms with Crippen LogP contribution in [0.5, 0.6) is 0 Å². The van der Waals surface area contributed by atoms with Crippen LogP contribution in [0.15, 0.2) is 18.6 Å². The third-order valence-corrected chi connectivity index (χ3v) is 2.99. The van der Waals surface area contributed by atoms with Gasteiger partial charge in [-0.25, -0.2) is 0 Å². The van der Waals surface area contributed by atoms with Gasteiger partial charge in [-0.3, -0.25) is 14.2 Å². The molecule has 2 aromatic heterocycles. The highest BCUT2D eigenvalue weighted by Gasteiger charge is 2.17. The molecule has 0 aliphatic heterocycles. The van der Waals surface area contributed by atoms with Crippen LogP contribution in [0.4, 0.5) is 0 Å². The lowest BCUT2D eigenvalue weighted by Gasteiger charge is -2.15. The van der Waals surface area contributed by atoms with Crippen molar-refractivity contribution in [2.24, 2.45) is 14.1 Å². The third-order valence-electron chi connectivity index (χ3n) is 2.99. The molecule has 2 rings (SSSR count). The maximum absolute atomic E-state index is 12.2. The molecular formula is C12H17N5O. The fraction of sp³-hybridized carbons (Fsp3) is 0.417. The van der Waals surface area contributed by atoms with Crippen molar-refractivity contribution in [1.82, 2.24) is 24.5 Å². The van der Waals surface area contributed by atoms with Crippen LogP contribution in [0.1, 0.15) is 21.6 Å². The number of aryl methyl sites for hydroxylation is 2. The van der Waals surface area contributed by atoms with E-state index in [4.69, 9.17) is 0 Å². The van der Waals surface area contributed by atoms with Crippen LogP contribution >= 0.6 is 0 Å². The first-order valence-corrected chi connectivity index (χ1v) is 5.70. The van der Waals surface area contributed by atoms with Crippen molar-refractivity contribution in [3.8, 4) is 0 Å². The zero-order valence-corrected chi connectivity index (χ0v) is 11.1. The van der Waals surface area contributed by atoms with Gasteiger partial charge in [0.05, 0.1) is 18.0 Å². The Hall–Kier alpha value is -2.11. The fourth-order valence-electron chi connectivity index (χ4n) is 1.81. The van der Waals surface area contributed by atoms with Crippen molar-refractivity contribution < 1.29 is 4.79 Å². The number of hydrogen-bond acceptors (Lipinski definition) is 3. The van der Waals surface area contributed by atoms with Crippen LogP contribution in [-0.2, 0) is 20.6 Å². The van der Waals surface area contributed by atoms with Gasteiger partial charge in [-0.05, 0) is 6.92 Å². The molecule has 0 unspecified atom stereocenters. The summed E-state index contributed by atoms with van der Waals surface area (Å²) in [5.74, 6) is -0.0237. The zero-order chi connectivity index (χ0) is 13.3. The molecule has 18 heavy (non-hydrogen) atoms. The normalized spacial score (nSPS) is 10.7. The Bertz CT molecular complexity index is 569. The molecule has 0 saturated carbocycles. The summed E-state index contributed by atoms with van der Waals surface area (Å²) >= 11 is 0. The molecule has 0 saturated heterocycles. The monoisotopic (exact) mass is 247 g/mol.